The van der Waals surface area contributed by atoms with Crippen molar-refractivity contribution in [1.82, 2.24) is 19.7 Å². The number of aromatic nitrogens is 4. The molecule has 0 aromatic carbocycles. The quantitative estimate of drug-likeness (QED) is 0.900. The number of aryl methyl sites for hydroxylation is 1. The van der Waals surface area contributed by atoms with Crippen molar-refractivity contribution < 1.29 is 0 Å². The molecule has 0 radical (unpaired) electrons. The fourth-order valence-corrected chi connectivity index (χ4v) is 2.85. The molecule has 0 spiro atoms. The topological polar surface area (TPSA) is 55.6 Å². The molecule has 5 heteroatoms. The molecule has 2 aromatic heterocycles. The van der Waals surface area contributed by atoms with Crippen molar-refractivity contribution in [3.05, 3.63) is 12.5 Å². The van der Waals surface area contributed by atoms with Crippen LogP contribution in [0.4, 0.5) is 5.82 Å². The lowest BCUT2D eigenvalue weighted by Crippen LogP contribution is -2.12. The second kappa shape index (κ2) is 4.55. The Bertz CT molecular complexity index is 547. The van der Waals surface area contributed by atoms with Crippen LogP contribution in [0.1, 0.15) is 26.2 Å². The predicted octanol–water partition coefficient (Wildman–Crippen LogP) is 2.21. The van der Waals surface area contributed by atoms with Gasteiger partial charge in [-0.1, -0.05) is 13.3 Å². The Morgan fingerprint density at radius 3 is 3.06 bits per heavy atom. The summed E-state index contributed by atoms with van der Waals surface area (Å²) in [5.41, 5.74) is 0.882. The van der Waals surface area contributed by atoms with Gasteiger partial charge < -0.3 is 5.32 Å². The second-order valence-corrected chi connectivity index (χ2v) is 5.39. The van der Waals surface area contributed by atoms with E-state index in [1.165, 1.54) is 19.3 Å². The van der Waals surface area contributed by atoms with Crippen molar-refractivity contribution in [2.75, 3.05) is 11.9 Å². The van der Waals surface area contributed by atoms with Crippen LogP contribution >= 0.6 is 0 Å². The van der Waals surface area contributed by atoms with E-state index in [1.807, 2.05) is 13.2 Å². The minimum atomic E-state index is 0.779. The van der Waals surface area contributed by atoms with Crippen LogP contribution in [-0.2, 0) is 7.05 Å². The summed E-state index contributed by atoms with van der Waals surface area (Å²) in [6.07, 6.45) is 7.45. The number of rotatable bonds is 3. The molecule has 1 fully saturated rings. The van der Waals surface area contributed by atoms with E-state index < -0.39 is 0 Å². The Kier molecular flexibility index (Phi) is 2.89. The van der Waals surface area contributed by atoms with Gasteiger partial charge in [-0.2, -0.15) is 5.10 Å². The largest absolute Gasteiger partial charge is 0.369 e. The molecule has 1 saturated carbocycles. The van der Waals surface area contributed by atoms with Crippen molar-refractivity contribution in [3.63, 3.8) is 0 Å². The lowest BCUT2D eigenvalue weighted by atomic mass is 10.1. The molecule has 0 amide bonds. The van der Waals surface area contributed by atoms with Crippen LogP contribution in [0, 0.1) is 11.8 Å². The summed E-state index contributed by atoms with van der Waals surface area (Å²) < 4.78 is 1.78. The first-order chi connectivity index (χ1) is 8.74. The molecule has 0 bridgehead atoms. The molecule has 5 nitrogen and oxygen atoms in total. The van der Waals surface area contributed by atoms with Crippen molar-refractivity contribution in [3.8, 4) is 0 Å². The first kappa shape index (κ1) is 11.4. The van der Waals surface area contributed by atoms with Gasteiger partial charge in [0.2, 0.25) is 0 Å². The van der Waals surface area contributed by atoms with Gasteiger partial charge in [-0.05, 0) is 24.7 Å². The Morgan fingerprint density at radius 2 is 2.28 bits per heavy atom. The summed E-state index contributed by atoms with van der Waals surface area (Å²) >= 11 is 0. The number of fused-ring (bicyclic) bond motifs is 1. The summed E-state index contributed by atoms with van der Waals surface area (Å²) in [6.45, 7) is 3.34. The summed E-state index contributed by atoms with van der Waals surface area (Å²) in [5, 5.41) is 8.69. The molecule has 3 rings (SSSR count). The molecule has 18 heavy (non-hydrogen) atoms. The zero-order valence-electron chi connectivity index (χ0n) is 10.9. The summed E-state index contributed by atoms with van der Waals surface area (Å²) in [6, 6.07) is 0. The van der Waals surface area contributed by atoms with Gasteiger partial charge in [0.25, 0.3) is 0 Å². The minimum absolute atomic E-state index is 0.779. The van der Waals surface area contributed by atoms with Crippen LogP contribution in [0.15, 0.2) is 12.5 Å². The van der Waals surface area contributed by atoms with Gasteiger partial charge in [0.05, 0.1) is 11.6 Å². The van der Waals surface area contributed by atoms with E-state index >= 15 is 0 Å². The van der Waals surface area contributed by atoms with E-state index in [-0.39, 0.29) is 0 Å². The number of anilines is 1. The van der Waals surface area contributed by atoms with E-state index in [0.717, 1.165) is 35.2 Å². The highest BCUT2D eigenvalue weighted by Crippen LogP contribution is 2.30. The molecule has 2 aromatic rings. The highest BCUT2D eigenvalue weighted by molar-refractivity contribution is 5.85. The first-order valence-corrected chi connectivity index (χ1v) is 6.60. The van der Waals surface area contributed by atoms with Gasteiger partial charge in [-0.3, -0.25) is 4.68 Å². The van der Waals surface area contributed by atoms with E-state index in [4.69, 9.17) is 0 Å². The number of hydrogen-bond donors (Lipinski definition) is 1. The molecule has 1 aliphatic carbocycles. The van der Waals surface area contributed by atoms with Gasteiger partial charge in [0, 0.05) is 13.6 Å². The van der Waals surface area contributed by atoms with Crippen LogP contribution in [-0.4, -0.2) is 26.3 Å². The highest BCUT2D eigenvalue weighted by Gasteiger charge is 2.21. The van der Waals surface area contributed by atoms with Crippen LogP contribution in [0.5, 0.6) is 0 Å². The summed E-state index contributed by atoms with van der Waals surface area (Å²) in [5.74, 6) is 2.56. The van der Waals surface area contributed by atoms with Crippen LogP contribution < -0.4 is 5.32 Å². The number of nitrogens with zero attached hydrogens (tertiary/aromatic N) is 4. The van der Waals surface area contributed by atoms with Crippen LogP contribution in [0.3, 0.4) is 0 Å². The molecule has 2 unspecified atom stereocenters. The third-order valence-electron chi connectivity index (χ3n) is 3.89. The van der Waals surface area contributed by atoms with E-state index in [1.54, 1.807) is 11.0 Å². The molecule has 0 aliphatic heterocycles. The van der Waals surface area contributed by atoms with Gasteiger partial charge >= 0.3 is 0 Å². The SMILES string of the molecule is CC1CCC(CNc2ncnc3c2cnn3C)C1. The first-order valence-electron chi connectivity index (χ1n) is 6.60. The minimum Gasteiger partial charge on any atom is -0.369 e. The second-order valence-electron chi connectivity index (χ2n) is 5.39. The van der Waals surface area contributed by atoms with Crippen molar-refractivity contribution in [2.45, 2.75) is 26.2 Å². The third-order valence-corrected chi connectivity index (χ3v) is 3.89. The maximum Gasteiger partial charge on any atom is 0.163 e. The van der Waals surface area contributed by atoms with Gasteiger partial charge in [0.1, 0.15) is 12.1 Å². The Hall–Kier alpha value is -1.65. The van der Waals surface area contributed by atoms with Crippen LogP contribution in [0.2, 0.25) is 0 Å². The molecular weight excluding hydrogens is 226 g/mol. The van der Waals surface area contributed by atoms with Gasteiger partial charge in [-0.25, -0.2) is 9.97 Å². The number of hydrogen-bond acceptors (Lipinski definition) is 4. The molecule has 2 atom stereocenters. The predicted molar refractivity (Wildman–Crippen MR) is 71.3 cm³/mol. The Labute approximate surface area is 107 Å². The average molecular weight is 245 g/mol. The fraction of sp³-hybridized carbons (Fsp3) is 0.615. The molecule has 2 heterocycles. The number of nitrogens with one attached hydrogen (secondary N) is 1. The average Bonchev–Trinajstić information content (AvgIpc) is 2.94. The fourth-order valence-electron chi connectivity index (χ4n) is 2.85. The highest BCUT2D eigenvalue weighted by atomic mass is 15.3. The smallest absolute Gasteiger partial charge is 0.163 e. The molecule has 1 N–H and O–H groups in total. The lowest BCUT2D eigenvalue weighted by Gasteiger charge is -2.11. The summed E-state index contributed by atoms with van der Waals surface area (Å²) in [7, 11) is 1.90. The van der Waals surface area contributed by atoms with Gasteiger partial charge in [-0.15, -0.1) is 0 Å². The maximum atomic E-state index is 4.32. The zero-order valence-corrected chi connectivity index (χ0v) is 10.9. The normalized spacial score (nSPS) is 23.7. The Balaban J connectivity index is 1.74. The maximum absolute atomic E-state index is 4.32. The lowest BCUT2D eigenvalue weighted by molar-refractivity contribution is 0.536. The summed E-state index contributed by atoms with van der Waals surface area (Å²) in [4.78, 5) is 8.57. The van der Waals surface area contributed by atoms with E-state index in [9.17, 15) is 0 Å². The van der Waals surface area contributed by atoms with Crippen molar-refractivity contribution in [1.29, 1.82) is 0 Å². The third kappa shape index (κ3) is 2.05. The van der Waals surface area contributed by atoms with Crippen molar-refractivity contribution >= 4 is 16.9 Å². The molecule has 1 aliphatic rings. The molecule has 0 saturated heterocycles. The van der Waals surface area contributed by atoms with E-state index in [2.05, 4.69) is 27.3 Å². The Morgan fingerprint density at radius 1 is 1.39 bits per heavy atom. The van der Waals surface area contributed by atoms with Gasteiger partial charge in [0.15, 0.2) is 5.65 Å². The van der Waals surface area contributed by atoms with Crippen molar-refractivity contribution in [2.24, 2.45) is 18.9 Å². The molecule has 96 valence electrons. The monoisotopic (exact) mass is 245 g/mol. The molecular formula is C13H19N5. The standard InChI is InChI=1S/C13H19N5/c1-9-3-4-10(5-9)6-14-12-11-7-17-18(2)13(11)16-8-15-12/h7-10H,3-6H2,1-2H3,(H,14,15,16). The zero-order chi connectivity index (χ0) is 12.5. The van der Waals surface area contributed by atoms with E-state index in [0.29, 0.717) is 0 Å². The van der Waals surface area contributed by atoms with Crippen LogP contribution in [0.25, 0.3) is 11.0 Å².